The SMILES string of the molecule is Cc1cc(NC(=O)c2c[nH]c3c2-c2ncncc2CCC3)no1. The van der Waals surface area contributed by atoms with Crippen LogP contribution in [-0.4, -0.2) is 26.0 Å². The second-order valence-corrected chi connectivity index (χ2v) is 5.58. The zero-order valence-electron chi connectivity index (χ0n) is 12.6. The van der Waals surface area contributed by atoms with E-state index in [0.717, 1.165) is 41.8 Å². The van der Waals surface area contributed by atoms with Gasteiger partial charge >= 0.3 is 0 Å². The van der Waals surface area contributed by atoms with Crippen molar-refractivity contribution in [3.8, 4) is 11.3 Å². The van der Waals surface area contributed by atoms with Crippen LogP contribution in [0.25, 0.3) is 11.3 Å². The summed E-state index contributed by atoms with van der Waals surface area (Å²) in [6.45, 7) is 1.78. The van der Waals surface area contributed by atoms with Crippen molar-refractivity contribution in [1.82, 2.24) is 20.1 Å². The summed E-state index contributed by atoms with van der Waals surface area (Å²) in [6.07, 6.45) is 7.85. The van der Waals surface area contributed by atoms with Gasteiger partial charge in [0.1, 0.15) is 12.1 Å². The number of hydrogen-bond donors (Lipinski definition) is 2. The summed E-state index contributed by atoms with van der Waals surface area (Å²) in [5.41, 5.74) is 4.34. The molecule has 3 heterocycles. The van der Waals surface area contributed by atoms with Gasteiger partial charge in [-0.1, -0.05) is 5.16 Å². The number of nitrogens with zero attached hydrogens (tertiary/aromatic N) is 3. The van der Waals surface area contributed by atoms with E-state index in [9.17, 15) is 4.79 Å². The maximum Gasteiger partial charge on any atom is 0.259 e. The number of amides is 1. The highest BCUT2D eigenvalue weighted by Crippen LogP contribution is 2.33. The summed E-state index contributed by atoms with van der Waals surface area (Å²) in [5.74, 6) is 0.813. The van der Waals surface area contributed by atoms with Gasteiger partial charge in [0.2, 0.25) is 0 Å². The van der Waals surface area contributed by atoms with Crippen molar-refractivity contribution >= 4 is 11.7 Å². The summed E-state index contributed by atoms with van der Waals surface area (Å²) in [6, 6.07) is 1.68. The Balaban J connectivity index is 1.75. The fraction of sp³-hybridized carbons (Fsp3) is 0.250. The third-order valence-electron chi connectivity index (χ3n) is 3.97. The van der Waals surface area contributed by atoms with E-state index in [1.807, 2.05) is 6.20 Å². The minimum absolute atomic E-state index is 0.234. The fourth-order valence-corrected chi connectivity index (χ4v) is 2.94. The summed E-state index contributed by atoms with van der Waals surface area (Å²) < 4.78 is 4.98. The van der Waals surface area contributed by atoms with E-state index in [1.54, 1.807) is 19.2 Å². The Morgan fingerprint density at radius 2 is 2.30 bits per heavy atom. The van der Waals surface area contributed by atoms with Crippen LogP contribution in [0, 0.1) is 6.92 Å². The molecule has 2 N–H and O–H groups in total. The zero-order valence-corrected chi connectivity index (χ0v) is 12.6. The number of rotatable bonds is 2. The van der Waals surface area contributed by atoms with Crippen molar-refractivity contribution in [2.75, 3.05) is 5.32 Å². The molecule has 116 valence electrons. The number of carbonyl (C=O) groups excluding carboxylic acids is 1. The molecule has 0 radical (unpaired) electrons. The molecular formula is C16H15N5O2. The third kappa shape index (κ3) is 2.40. The van der Waals surface area contributed by atoms with Gasteiger partial charge in [0, 0.05) is 29.7 Å². The number of fused-ring (bicyclic) bond motifs is 3. The Hall–Kier alpha value is -2.96. The first-order chi connectivity index (χ1) is 11.2. The fourth-order valence-electron chi connectivity index (χ4n) is 2.94. The molecule has 1 aliphatic rings. The standard InChI is InChI=1S/C16H15N5O2/c1-9-5-13(21-23-9)20-16(22)11-7-18-12-4-2-3-10-6-17-8-19-15(10)14(11)12/h5-8,18H,2-4H2,1H3,(H,20,21,22). The monoisotopic (exact) mass is 309 g/mol. The van der Waals surface area contributed by atoms with Crippen molar-refractivity contribution in [2.24, 2.45) is 0 Å². The molecule has 0 fully saturated rings. The van der Waals surface area contributed by atoms with Crippen LogP contribution >= 0.6 is 0 Å². The molecule has 0 aliphatic heterocycles. The number of carbonyl (C=O) groups is 1. The molecule has 23 heavy (non-hydrogen) atoms. The van der Waals surface area contributed by atoms with Crippen molar-refractivity contribution in [3.63, 3.8) is 0 Å². The predicted octanol–water partition coefficient (Wildman–Crippen LogP) is 2.51. The van der Waals surface area contributed by atoms with Gasteiger partial charge in [0.05, 0.1) is 11.3 Å². The summed E-state index contributed by atoms with van der Waals surface area (Å²) in [7, 11) is 0. The highest BCUT2D eigenvalue weighted by atomic mass is 16.5. The summed E-state index contributed by atoms with van der Waals surface area (Å²) >= 11 is 0. The number of H-pyrrole nitrogens is 1. The van der Waals surface area contributed by atoms with Crippen LogP contribution in [0.15, 0.2) is 29.3 Å². The maximum atomic E-state index is 12.6. The molecular weight excluding hydrogens is 294 g/mol. The van der Waals surface area contributed by atoms with E-state index in [-0.39, 0.29) is 5.91 Å². The van der Waals surface area contributed by atoms with E-state index in [0.29, 0.717) is 17.1 Å². The Bertz CT molecular complexity index is 880. The zero-order chi connectivity index (χ0) is 15.8. The molecule has 1 amide bonds. The molecule has 0 atom stereocenters. The first kappa shape index (κ1) is 13.7. The van der Waals surface area contributed by atoms with E-state index in [4.69, 9.17) is 4.52 Å². The maximum absolute atomic E-state index is 12.6. The van der Waals surface area contributed by atoms with Crippen LogP contribution in [0.1, 0.15) is 33.8 Å². The highest BCUT2D eigenvalue weighted by Gasteiger charge is 2.24. The molecule has 0 spiro atoms. The van der Waals surface area contributed by atoms with Gasteiger partial charge in [-0.3, -0.25) is 4.79 Å². The molecule has 7 nitrogen and oxygen atoms in total. The number of hydrogen-bond acceptors (Lipinski definition) is 5. The molecule has 1 aliphatic carbocycles. The van der Waals surface area contributed by atoms with Gasteiger partial charge in [-0.2, -0.15) is 0 Å². The van der Waals surface area contributed by atoms with E-state index >= 15 is 0 Å². The Labute approximate surface area is 132 Å². The lowest BCUT2D eigenvalue weighted by atomic mass is 10.0. The number of aromatic nitrogens is 4. The highest BCUT2D eigenvalue weighted by molar-refractivity contribution is 6.08. The number of aryl methyl sites for hydroxylation is 3. The van der Waals surface area contributed by atoms with Crippen molar-refractivity contribution < 1.29 is 9.32 Å². The first-order valence-corrected chi connectivity index (χ1v) is 7.46. The molecule has 0 saturated heterocycles. The summed E-state index contributed by atoms with van der Waals surface area (Å²) in [4.78, 5) is 24.3. The van der Waals surface area contributed by atoms with Crippen molar-refractivity contribution in [2.45, 2.75) is 26.2 Å². The van der Waals surface area contributed by atoms with Crippen molar-refractivity contribution in [3.05, 3.63) is 47.4 Å². The van der Waals surface area contributed by atoms with E-state index in [2.05, 4.69) is 25.4 Å². The molecule has 0 aromatic carbocycles. The summed E-state index contributed by atoms with van der Waals surface area (Å²) in [5, 5.41) is 6.56. The Morgan fingerprint density at radius 1 is 1.39 bits per heavy atom. The lowest BCUT2D eigenvalue weighted by molar-refractivity contribution is 0.102. The number of anilines is 1. The second-order valence-electron chi connectivity index (χ2n) is 5.58. The topological polar surface area (TPSA) is 96.7 Å². The molecule has 7 heteroatoms. The minimum atomic E-state index is -0.234. The van der Waals surface area contributed by atoms with Crippen LogP contribution in [0.3, 0.4) is 0 Å². The lowest BCUT2D eigenvalue weighted by Crippen LogP contribution is -2.13. The van der Waals surface area contributed by atoms with Crippen LogP contribution in [0.5, 0.6) is 0 Å². The average Bonchev–Trinajstić information content (AvgIpc) is 3.10. The van der Waals surface area contributed by atoms with Gasteiger partial charge in [0.25, 0.3) is 5.91 Å². The van der Waals surface area contributed by atoms with E-state index in [1.165, 1.54) is 6.33 Å². The Morgan fingerprint density at radius 3 is 3.13 bits per heavy atom. The van der Waals surface area contributed by atoms with Gasteiger partial charge < -0.3 is 14.8 Å². The smallest absolute Gasteiger partial charge is 0.259 e. The van der Waals surface area contributed by atoms with Crippen LogP contribution in [0.4, 0.5) is 5.82 Å². The van der Waals surface area contributed by atoms with Crippen LogP contribution in [0.2, 0.25) is 0 Å². The minimum Gasteiger partial charge on any atom is -0.364 e. The molecule has 0 saturated carbocycles. The molecule has 3 aromatic rings. The van der Waals surface area contributed by atoms with E-state index < -0.39 is 0 Å². The molecule has 3 aromatic heterocycles. The molecule has 4 rings (SSSR count). The third-order valence-corrected chi connectivity index (χ3v) is 3.97. The van der Waals surface area contributed by atoms with Gasteiger partial charge in [-0.05, 0) is 31.7 Å². The molecule has 0 bridgehead atoms. The van der Waals surface area contributed by atoms with Crippen LogP contribution < -0.4 is 5.32 Å². The Kier molecular flexibility index (Phi) is 3.18. The van der Waals surface area contributed by atoms with Crippen molar-refractivity contribution in [1.29, 1.82) is 0 Å². The quantitative estimate of drug-likeness (QED) is 0.758. The predicted molar refractivity (Wildman–Crippen MR) is 83.0 cm³/mol. The normalized spacial score (nSPS) is 13.1. The first-order valence-electron chi connectivity index (χ1n) is 7.46. The van der Waals surface area contributed by atoms with Gasteiger partial charge in [-0.15, -0.1) is 0 Å². The second kappa shape index (κ2) is 5.35. The van der Waals surface area contributed by atoms with Gasteiger partial charge in [-0.25, -0.2) is 9.97 Å². The lowest BCUT2D eigenvalue weighted by Gasteiger charge is -2.07. The molecule has 0 unspecified atom stereocenters. The number of aromatic amines is 1. The van der Waals surface area contributed by atoms with Crippen LogP contribution in [-0.2, 0) is 12.8 Å². The largest absolute Gasteiger partial charge is 0.364 e. The van der Waals surface area contributed by atoms with Gasteiger partial charge in [0.15, 0.2) is 5.82 Å². The number of nitrogens with one attached hydrogen (secondary N) is 2. The average molecular weight is 309 g/mol.